The van der Waals surface area contributed by atoms with Gasteiger partial charge >= 0.3 is 0 Å². The highest BCUT2D eigenvalue weighted by Gasteiger charge is 2.31. The minimum absolute atomic E-state index is 0.0150. The molecule has 1 atom stereocenters. The fourth-order valence-corrected chi connectivity index (χ4v) is 4.37. The van der Waals surface area contributed by atoms with Crippen LogP contribution in [0.2, 0.25) is 10.0 Å². The molecule has 2 amide bonds. The Labute approximate surface area is 204 Å². The quantitative estimate of drug-likeness (QED) is 0.523. The summed E-state index contributed by atoms with van der Waals surface area (Å²) < 4.78 is 31.5. The standard InChI is InChI=1S/C22H27Cl2N3O5S/c1-5-25-22(29)15(2)26(13-16-8-6-7-9-18(16)24)21(28)14-27(33(4,30)31)19-12-17(23)10-11-20(19)32-3/h6-12,15H,5,13-14H2,1-4H3,(H,25,29). The molecule has 0 spiro atoms. The predicted octanol–water partition coefficient (Wildman–Crippen LogP) is 3.32. The Kier molecular flexibility index (Phi) is 9.39. The van der Waals surface area contributed by atoms with E-state index < -0.39 is 28.5 Å². The van der Waals surface area contributed by atoms with Crippen molar-refractivity contribution in [2.24, 2.45) is 0 Å². The average Bonchev–Trinajstić information content (AvgIpc) is 2.75. The summed E-state index contributed by atoms with van der Waals surface area (Å²) in [7, 11) is -2.53. The van der Waals surface area contributed by atoms with Crippen LogP contribution in [0.25, 0.3) is 0 Å². The summed E-state index contributed by atoms with van der Waals surface area (Å²) in [5.74, 6) is -0.739. The van der Waals surface area contributed by atoms with Crippen molar-refractivity contribution in [1.82, 2.24) is 10.2 Å². The predicted molar refractivity (Wildman–Crippen MR) is 130 cm³/mol. The highest BCUT2D eigenvalue weighted by Crippen LogP contribution is 2.33. The molecule has 8 nitrogen and oxygen atoms in total. The van der Waals surface area contributed by atoms with Crippen LogP contribution in [0.3, 0.4) is 0 Å². The zero-order valence-electron chi connectivity index (χ0n) is 18.8. The zero-order chi connectivity index (χ0) is 24.8. The van der Waals surface area contributed by atoms with Crippen LogP contribution in [-0.2, 0) is 26.2 Å². The molecule has 0 radical (unpaired) electrons. The highest BCUT2D eigenvalue weighted by atomic mass is 35.5. The van der Waals surface area contributed by atoms with Gasteiger partial charge in [0, 0.05) is 23.1 Å². The number of nitrogens with one attached hydrogen (secondary N) is 1. The van der Waals surface area contributed by atoms with Gasteiger partial charge in [0.25, 0.3) is 0 Å². The van der Waals surface area contributed by atoms with Crippen LogP contribution in [0, 0.1) is 0 Å². The second kappa shape index (κ2) is 11.6. The van der Waals surface area contributed by atoms with Gasteiger partial charge < -0.3 is 15.0 Å². The van der Waals surface area contributed by atoms with Gasteiger partial charge in [-0.1, -0.05) is 41.4 Å². The number of anilines is 1. The van der Waals surface area contributed by atoms with Crippen molar-refractivity contribution in [3.05, 3.63) is 58.1 Å². The number of nitrogens with zero attached hydrogens (tertiary/aromatic N) is 2. The average molecular weight is 516 g/mol. The molecule has 11 heteroatoms. The number of ether oxygens (including phenoxy) is 1. The van der Waals surface area contributed by atoms with E-state index in [0.29, 0.717) is 17.1 Å². The lowest BCUT2D eigenvalue weighted by molar-refractivity contribution is -0.139. The number of methoxy groups -OCH3 is 1. The van der Waals surface area contributed by atoms with Crippen LogP contribution >= 0.6 is 23.2 Å². The molecule has 0 bridgehead atoms. The number of likely N-dealkylation sites (N-methyl/N-ethyl adjacent to an activating group) is 1. The first-order valence-electron chi connectivity index (χ1n) is 10.1. The Bertz CT molecular complexity index is 1110. The Hall–Kier alpha value is -2.49. The van der Waals surface area contributed by atoms with Crippen molar-refractivity contribution in [1.29, 1.82) is 0 Å². The van der Waals surface area contributed by atoms with Crippen LogP contribution < -0.4 is 14.4 Å². The fraction of sp³-hybridized carbons (Fsp3) is 0.364. The minimum atomic E-state index is -3.91. The van der Waals surface area contributed by atoms with Gasteiger partial charge in [0.15, 0.2) is 0 Å². The van der Waals surface area contributed by atoms with E-state index in [4.69, 9.17) is 27.9 Å². The molecule has 180 valence electrons. The van der Waals surface area contributed by atoms with Gasteiger partial charge in [0.1, 0.15) is 18.3 Å². The summed E-state index contributed by atoms with van der Waals surface area (Å²) in [6, 6.07) is 10.5. The Morgan fingerprint density at radius 2 is 1.82 bits per heavy atom. The lowest BCUT2D eigenvalue weighted by Gasteiger charge is -2.32. The zero-order valence-corrected chi connectivity index (χ0v) is 21.2. The fourth-order valence-electron chi connectivity index (χ4n) is 3.17. The van der Waals surface area contributed by atoms with Gasteiger partial charge in [-0.25, -0.2) is 8.42 Å². The number of sulfonamides is 1. The van der Waals surface area contributed by atoms with Gasteiger partial charge in [-0.2, -0.15) is 0 Å². The Morgan fingerprint density at radius 3 is 2.39 bits per heavy atom. The van der Waals surface area contributed by atoms with Crippen LogP contribution in [-0.4, -0.2) is 57.6 Å². The lowest BCUT2D eigenvalue weighted by atomic mass is 10.1. The van der Waals surface area contributed by atoms with Crippen LogP contribution in [0.1, 0.15) is 19.4 Å². The van der Waals surface area contributed by atoms with Crippen molar-refractivity contribution in [2.45, 2.75) is 26.4 Å². The number of carbonyl (C=O) groups is 2. The molecule has 0 aromatic heterocycles. The molecule has 2 rings (SSSR count). The van der Waals surface area contributed by atoms with Crippen LogP contribution in [0.4, 0.5) is 5.69 Å². The third-order valence-electron chi connectivity index (χ3n) is 4.91. The van der Waals surface area contributed by atoms with Crippen LogP contribution in [0.5, 0.6) is 5.75 Å². The smallest absolute Gasteiger partial charge is 0.244 e. The molecule has 0 saturated carbocycles. The molecule has 0 heterocycles. The molecule has 0 saturated heterocycles. The first kappa shape index (κ1) is 26.8. The summed E-state index contributed by atoms with van der Waals surface area (Å²) in [5, 5.41) is 3.39. The van der Waals surface area contributed by atoms with Crippen molar-refractivity contribution in [3.63, 3.8) is 0 Å². The number of halogens is 2. The number of benzene rings is 2. The van der Waals surface area contributed by atoms with Crippen LogP contribution in [0.15, 0.2) is 42.5 Å². The van der Waals surface area contributed by atoms with Crippen molar-refractivity contribution < 1.29 is 22.7 Å². The Balaban J connectivity index is 2.47. The Morgan fingerprint density at radius 1 is 1.15 bits per heavy atom. The van der Waals surface area contributed by atoms with E-state index in [1.165, 1.54) is 24.1 Å². The number of carbonyl (C=O) groups excluding carboxylic acids is 2. The molecular weight excluding hydrogens is 489 g/mol. The second-order valence-corrected chi connectivity index (χ2v) is 10.0. The summed E-state index contributed by atoms with van der Waals surface area (Å²) >= 11 is 12.4. The van der Waals surface area contributed by atoms with E-state index in [0.717, 1.165) is 10.6 Å². The highest BCUT2D eigenvalue weighted by molar-refractivity contribution is 7.92. The molecule has 1 N–H and O–H groups in total. The van der Waals surface area contributed by atoms with Crippen molar-refractivity contribution in [3.8, 4) is 5.75 Å². The topological polar surface area (TPSA) is 96.0 Å². The molecule has 0 aliphatic heterocycles. The lowest BCUT2D eigenvalue weighted by Crippen LogP contribution is -2.51. The molecular formula is C22H27Cl2N3O5S. The van der Waals surface area contributed by atoms with E-state index in [2.05, 4.69) is 5.32 Å². The normalized spacial score (nSPS) is 12.1. The van der Waals surface area contributed by atoms with Gasteiger partial charge in [0.05, 0.1) is 19.1 Å². The maximum atomic E-state index is 13.4. The molecule has 0 aliphatic rings. The maximum absolute atomic E-state index is 13.4. The van der Waals surface area contributed by atoms with Gasteiger partial charge in [-0.15, -0.1) is 0 Å². The van der Waals surface area contributed by atoms with Gasteiger partial charge in [-0.3, -0.25) is 13.9 Å². The third-order valence-corrected chi connectivity index (χ3v) is 6.64. The van der Waals surface area contributed by atoms with E-state index in [1.54, 1.807) is 44.2 Å². The third kappa shape index (κ3) is 6.99. The monoisotopic (exact) mass is 515 g/mol. The first-order chi connectivity index (χ1) is 15.5. The van der Waals surface area contributed by atoms with E-state index in [-0.39, 0.29) is 28.9 Å². The minimum Gasteiger partial charge on any atom is -0.495 e. The second-order valence-electron chi connectivity index (χ2n) is 7.27. The largest absolute Gasteiger partial charge is 0.495 e. The molecule has 1 unspecified atom stereocenters. The van der Waals surface area contributed by atoms with Gasteiger partial charge in [0.2, 0.25) is 21.8 Å². The summed E-state index contributed by atoms with van der Waals surface area (Å²) in [4.78, 5) is 27.3. The van der Waals surface area contributed by atoms with E-state index in [9.17, 15) is 18.0 Å². The molecule has 33 heavy (non-hydrogen) atoms. The maximum Gasteiger partial charge on any atom is 0.244 e. The molecule has 2 aromatic rings. The van der Waals surface area contributed by atoms with E-state index >= 15 is 0 Å². The van der Waals surface area contributed by atoms with Gasteiger partial charge in [-0.05, 0) is 43.7 Å². The van der Waals surface area contributed by atoms with Crippen molar-refractivity contribution in [2.75, 3.05) is 30.8 Å². The summed E-state index contributed by atoms with van der Waals surface area (Å²) in [6.07, 6.45) is 0.978. The molecule has 0 aliphatic carbocycles. The summed E-state index contributed by atoms with van der Waals surface area (Å²) in [5.41, 5.74) is 0.735. The number of amides is 2. The number of rotatable bonds is 10. The number of hydrogen-bond acceptors (Lipinski definition) is 5. The summed E-state index contributed by atoms with van der Waals surface area (Å²) in [6.45, 7) is 3.17. The molecule has 2 aromatic carbocycles. The molecule has 0 fully saturated rings. The SMILES string of the molecule is CCNC(=O)C(C)N(Cc1ccccc1Cl)C(=O)CN(c1cc(Cl)ccc1OC)S(C)(=O)=O. The first-order valence-corrected chi connectivity index (χ1v) is 12.7. The number of hydrogen-bond donors (Lipinski definition) is 1. The van der Waals surface area contributed by atoms with Crippen molar-refractivity contribution >= 4 is 50.7 Å². The van der Waals surface area contributed by atoms with E-state index in [1.807, 2.05) is 0 Å².